The number of rotatable bonds is 5. The maximum absolute atomic E-state index is 5.81. The maximum atomic E-state index is 5.81. The predicted molar refractivity (Wildman–Crippen MR) is 82.0 cm³/mol. The van der Waals surface area contributed by atoms with E-state index < -0.39 is 0 Å². The van der Waals surface area contributed by atoms with E-state index >= 15 is 0 Å². The largest absolute Gasteiger partial charge is 0.467 e. The van der Waals surface area contributed by atoms with E-state index in [4.69, 9.17) is 10.2 Å². The van der Waals surface area contributed by atoms with Crippen LogP contribution in [0.1, 0.15) is 11.3 Å². The maximum Gasteiger partial charge on any atom is 0.154 e. The van der Waals surface area contributed by atoms with Gasteiger partial charge in [0.15, 0.2) is 5.17 Å². The summed E-state index contributed by atoms with van der Waals surface area (Å²) in [6.45, 7) is 0.494. The lowest BCUT2D eigenvalue weighted by Crippen LogP contribution is -2.07. The van der Waals surface area contributed by atoms with Crippen LogP contribution in [-0.2, 0) is 6.54 Å². The summed E-state index contributed by atoms with van der Waals surface area (Å²) in [5, 5.41) is 0.578. The van der Waals surface area contributed by atoms with Gasteiger partial charge in [-0.25, -0.2) is 0 Å². The van der Waals surface area contributed by atoms with Gasteiger partial charge in [-0.2, -0.15) is 0 Å². The van der Waals surface area contributed by atoms with Crippen molar-refractivity contribution in [3.63, 3.8) is 0 Å². The smallest absolute Gasteiger partial charge is 0.154 e. The normalized spacial score (nSPS) is 12.1. The molecule has 1 aromatic carbocycles. The minimum Gasteiger partial charge on any atom is -0.467 e. The zero-order chi connectivity index (χ0) is 13.3. The molecule has 0 aliphatic carbocycles. The van der Waals surface area contributed by atoms with Crippen molar-refractivity contribution >= 4 is 23.0 Å². The standard InChI is InChI=1S/C15H16N2OS/c16-15(17-12-14-9-4-10-18-14)19-11-5-8-13-6-2-1-3-7-13/h1-10H,11-12H2,(H2,16,17). The zero-order valence-corrected chi connectivity index (χ0v) is 11.3. The van der Waals surface area contributed by atoms with E-state index in [2.05, 4.69) is 29.3 Å². The summed E-state index contributed by atoms with van der Waals surface area (Å²) >= 11 is 1.52. The van der Waals surface area contributed by atoms with E-state index in [1.165, 1.54) is 17.3 Å². The van der Waals surface area contributed by atoms with Crippen LogP contribution < -0.4 is 5.73 Å². The van der Waals surface area contributed by atoms with E-state index in [9.17, 15) is 0 Å². The molecule has 2 N–H and O–H groups in total. The Balaban J connectivity index is 1.73. The number of amidine groups is 1. The highest BCUT2D eigenvalue weighted by Crippen LogP contribution is 2.07. The molecule has 0 saturated heterocycles. The summed E-state index contributed by atoms with van der Waals surface area (Å²) in [7, 11) is 0. The Kier molecular flexibility index (Phi) is 5.31. The quantitative estimate of drug-likeness (QED) is 0.669. The second-order valence-electron chi connectivity index (χ2n) is 3.86. The summed E-state index contributed by atoms with van der Waals surface area (Å²) in [6, 6.07) is 13.9. The highest BCUT2D eigenvalue weighted by Gasteiger charge is 1.95. The third-order valence-electron chi connectivity index (χ3n) is 2.41. The van der Waals surface area contributed by atoms with Gasteiger partial charge in [0, 0.05) is 5.75 Å². The lowest BCUT2D eigenvalue weighted by molar-refractivity contribution is 0.513. The van der Waals surface area contributed by atoms with Gasteiger partial charge < -0.3 is 10.2 Å². The average molecular weight is 272 g/mol. The minimum atomic E-state index is 0.494. The van der Waals surface area contributed by atoms with E-state index in [1.54, 1.807) is 6.26 Å². The first-order valence-corrected chi connectivity index (χ1v) is 7.00. The second-order valence-corrected chi connectivity index (χ2v) is 4.90. The second kappa shape index (κ2) is 7.48. The summed E-state index contributed by atoms with van der Waals surface area (Å²) in [4.78, 5) is 4.24. The molecule has 0 atom stereocenters. The summed E-state index contributed by atoms with van der Waals surface area (Å²) in [5.74, 6) is 1.63. The number of nitrogens with two attached hydrogens (primary N) is 1. The zero-order valence-electron chi connectivity index (χ0n) is 10.5. The fourth-order valence-corrected chi connectivity index (χ4v) is 2.00. The number of hydrogen-bond acceptors (Lipinski definition) is 3. The molecule has 0 bridgehead atoms. The minimum absolute atomic E-state index is 0.494. The fraction of sp³-hybridized carbons (Fsp3) is 0.133. The summed E-state index contributed by atoms with van der Waals surface area (Å²) in [6.07, 6.45) is 5.79. The van der Waals surface area contributed by atoms with Gasteiger partial charge in [0.1, 0.15) is 5.76 Å². The SMILES string of the molecule is NC(=NCc1ccco1)SCC=Cc1ccccc1. The third-order valence-corrected chi connectivity index (χ3v) is 3.19. The highest BCUT2D eigenvalue weighted by molar-refractivity contribution is 8.13. The molecule has 0 unspecified atom stereocenters. The van der Waals surface area contributed by atoms with Crippen LogP contribution in [0.4, 0.5) is 0 Å². The Labute approximate surface area is 117 Å². The number of nitrogens with zero attached hydrogens (tertiary/aromatic N) is 1. The van der Waals surface area contributed by atoms with Gasteiger partial charge in [0.2, 0.25) is 0 Å². The first-order chi connectivity index (χ1) is 9.34. The van der Waals surface area contributed by atoms with Gasteiger partial charge in [-0.05, 0) is 17.7 Å². The van der Waals surface area contributed by atoms with E-state index in [1.807, 2.05) is 30.3 Å². The molecule has 3 nitrogen and oxygen atoms in total. The lowest BCUT2D eigenvalue weighted by Gasteiger charge is -1.97. The van der Waals surface area contributed by atoms with Gasteiger partial charge in [0.25, 0.3) is 0 Å². The van der Waals surface area contributed by atoms with Crippen molar-refractivity contribution in [2.45, 2.75) is 6.54 Å². The summed E-state index contributed by atoms with van der Waals surface area (Å²) in [5.41, 5.74) is 7.00. The molecule has 0 aliphatic rings. The molecule has 19 heavy (non-hydrogen) atoms. The molecule has 98 valence electrons. The molecular formula is C15H16N2OS. The van der Waals surface area contributed by atoms with Gasteiger partial charge >= 0.3 is 0 Å². The van der Waals surface area contributed by atoms with Crippen molar-refractivity contribution < 1.29 is 4.42 Å². The van der Waals surface area contributed by atoms with Crippen LogP contribution >= 0.6 is 11.8 Å². The first-order valence-electron chi connectivity index (χ1n) is 6.01. The van der Waals surface area contributed by atoms with Crippen LogP contribution in [0, 0.1) is 0 Å². The third kappa shape index (κ3) is 5.06. The molecular weight excluding hydrogens is 256 g/mol. The molecule has 0 aliphatic heterocycles. The van der Waals surface area contributed by atoms with Crippen molar-refractivity contribution in [3.05, 3.63) is 66.1 Å². The topological polar surface area (TPSA) is 51.5 Å². The molecule has 4 heteroatoms. The Bertz CT molecular complexity index is 533. The van der Waals surface area contributed by atoms with Crippen molar-refractivity contribution in [3.8, 4) is 0 Å². The molecule has 1 heterocycles. The lowest BCUT2D eigenvalue weighted by atomic mass is 10.2. The molecule has 2 rings (SSSR count). The molecule has 0 saturated carbocycles. The van der Waals surface area contributed by atoms with Gasteiger partial charge in [-0.3, -0.25) is 4.99 Å². The molecule has 0 fully saturated rings. The van der Waals surface area contributed by atoms with Crippen LogP contribution in [-0.4, -0.2) is 10.9 Å². The van der Waals surface area contributed by atoms with Crippen molar-refractivity contribution in [1.29, 1.82) is 0 Å². The monoisotopic (exact) mass is 272 g/mol. The molecule has 0 radical (unpaired) electrons. The number of furan rings is 1. The Morgan fingerprint density at radius 2 is 2.05 bits per heavy atom. The fourth-order valence-electron chi connectivity index (χ4n) is 1.49. The number of benzene rings is 1. The molecule has 2 aromatic rings. The number of aliphatic imine (C=N–C) groups is 1. The van der Waals surface area contributed by atoms with Gasteiger partial charge in [0.05, 0.1) is 12.8 Å². The van der Waals surface area contributed by atoms with Crippen molar-refractivity contribution in [1.82, 2.24) is 0 Å². The van der Waals surface area contributed by atoms with Crippen LogP contribution in [0.15, 0.2) is 64.2 Å². The first kappa shape index (κ1) is 13.5. The van der Waals surface area contributed by atoms with Crippen molar-refractivity contribution in [2.24, 2.45) is 10.7 Å². The number of hydrogen-bond donors (Lipinski definition) is 1. The van der Waals surface area contributed by atoms with Crippen LogP contribution in [0.25, 0.3) is 6.08 Å². The average Bonchev–Trinajstić information content (AvgIpc) is 2.96. The Morgan fingerprint density at radius 1 is 1.21 bits per heavy atom. The highest BCUT2D eigenvalue weighted by atomic mass is 32.2. The van der Waals surface area contributed by atoms with E-state index in [0.717, 1.165) is 11.5 Å². The van der Waals surface area contributed by atoms with E-state index in [-0.39, 0.29) is 0 Å². The molecule has 1 aromatic heterocycles. The van der Waals surface area contributed by atoms with Crippen LogP contribution in [0.2, 0.25) is 0 Å². The predicted octanol–water partition coefficient (Wildman–Crippen LogP) is 3.54. The van der Waals surface area contributed by atoms with Crippen LogP contribution in [0.5, 0.6) is 0 Å². The van der Waals surface area contributed by atoms with E-state index in [0.29, 0.717) is 11.7 Å². The van der Waals surface area contributed by atoms with Gasteiger partial charge in [-0.15, -0.1) is 0 Å². The van der Waals surface area contributed by atoms with Crippen LogP contribution in [0.3, 0.4) is 0 Å². The van der Waals surface area contributed by atoms with Crippen molar-refractivity contribution in [2.75, 3.05) is 5.75 Å². The Hall–Kier alpha value is -1.94. The number of thioether (sulfide) groups is 1. The van der Waals surface area contributed by atoms with Gasteiger partial charge in [-0.1, -0.05) is 54.2 Å². The molecule has 0 spiro atoms. The Morgan fingerprint density at radius 3 is 2.79 bits per heavy atom. The molecule has 0 amide bonds. The summed E-state index contributed by atoms with van der Waals surface area (Å²) < 4.78 is 5.18.